The number of ether oxygens (including phenoxy) is 3. The molecule has 2 aliphatic heterocycles. The van der Waals surface area contributed by atoms with E-state index in [4.69, 9.17) is 43.4 Å². The summed E-state index contributed by atoms with van der Waals surface area (Å²) in [6.45, 7) is 8.90. The fourth-order valence-corrected chi connectivity index (χ4v) is 5.33. The van der Waals surface area contributed by atoms with Crippen LogP contribution in [-0.4, -0.2) is 94.3 Å². The molecule has 2 fully saturated rings. The Labute approximate surface area is 209 Å². The molecule has 5 radical (unpaired) electrons. The molecule has 195 valence electrons. The van der Waals surface area contributed by atoms with Crippen LogP contribution in [0.4, 0.5) is 0 Å². The van der Waals surface area contributed by atoms with Crippen LogP contribution in [0, 0.1) is 5.41 Å². The van der Waals surface area contributed by atoms with E-state index in [0.29, 0.717) is 0 Å². The van der Waals surface area contributed by atoms with E-state index >= 15 is 0 Å². The molecule has 0 bridgehead atoms. The third kappa shape index (κ3) is 10.6. The molecule has 12 nitrogen and oxygen atoms in total. The standard InChI is InChI=1S/C18H32B3O12P2/c1-10(2)27-8-13-11(7-15(21-20)29-13)31-35(25,26)33-17(22)16-12(6-14(19)30-16)32-34(23,24)28-9-18(3,4)5/h10-16H,6-9H2,1-5H3,(H,23,24)(H,25,26)/t11?,12?,13-,14-,15-,16+/m1/s1. The average Bonchev–Trinajstić information content (AvgIpc) is 3.25. The molecule has 8 atom stereocenters. The summed E-state index contributed by atoms with van der Waals surface area (Å²) in [6.07, 6.45) is -4.92. The molecule has 0 spiro atoms. The molecule has 2 aliphatic rings. The van der Waals surface area contributed by atoms with Crippen molar-refractivity contribution in [3.63, 3.8) is 0 Å². The van der Waals surface area contributed by atoms with Gasteiger partial charge in [0.05, 0.1) is 26.5 Å². The second kappa shape index (κ2) is 12.6. The van der Waals surface area contributed by atoms with Gasteiger partial charge in [0.25, 0.3) is 0 Å². The molecule has 2 heterocycles. The number of hydrogen-bond donors (Lipinski definition) is 2. The smallest absolute Gasteiger partial charge is 0.380 e. The van der Waals surface area contributed by atoms with Crippen LogP contribution >= 0.6 is 15.6 Å². The predicted molar refractivity (Wildman–Crippen MR) is 126 cm³/mol. The molecule has 17 heteroatoms. The average molecular weight is 535 g/mol. The van der Waals surface area contributed by atoms with Gasteiger partial charge in [-0.25, -0.2) is 13.9 Å². The number of phosphoric acid groups is 2. The quantitative estimate of drug-likeness (QED) is 0.272. The van der Waals surface area contributed by atoms with Crippen LogP contribution in [0.2, 0.25) is 0 Å². The van der Waals surface area contributed by atoms with Gasteiger partial charge in [-0.3, -0.25) is 18.5 Å². The highest BCUT2D eigenvalue weighted by molar-refractivity contribution is 7.48. The van der Waals surface area contributed by atoms with Gasteiger partial charge in [0, 0.05) is 19.7 Å². The summed E-state index contributed by atoms with van der Waals surface area (Å²) in [5.41, 5.74) is -0.438. The fraction of sp³-hybridized carbons (Fsp3) is 0.944. The van der Waals surface area contributed by atoms with Gasteiger partial charge in [-0.1, -0.05) is 20.8 Å². The first-order valence-corrected chi connectivity index (χ1v) is 14.1. The van der Waals surface area contributed by atoms with E-state index in [2.05, 4.69) is 4.52 Å². The Hall–Kier alpha value is -0.195. The molecule has 2 N–H and O–H groups in total. The highest BCUT2D eigenvalue weighted by Gasteiger charge is 2.47. The third-order valence-corrected chi connectivity index (χ3v) is 6.74. The van der Waals surface area contributed by atoms with Crippen molar-refractivity contribution in [1.29, 1.82) is 0 Å². The zero-order valence-corrected chi connectivity index (χ0v) is 22.3. The van der Waals surface area contributed by atoms with Crippen LogP contribution in [0.3, 0.4) is 0 Å². The molecule has 0 aromatic carbocycles. The summed E-state index contributed by atoms with van der Waals surface area (Å²) in [4.78, 5) is 32.8. The lowest BCUT2D eigenvalue weighted by atomic mass is 9.51. The summed E-state index contributed by atoms with van der Waals surface area (Å²) in [6, 6.07) is -1.61. The van der Waals surface area contributed by atoms with Gasteiger partial charge in [-0.05, 0) is 32.1 Å². The first kappa shape index (κ1) is 31.0. The minimum absolute atomic E-state index is 0.0530. The Kier molecular flexibility index (Phi) is 11.1. The molecule has 35 heavy (non-hydrogen) atoms. The van der Waals surface area contributed by atoms with Crippen LogP contribution in [0.15, 0.2) is 0 Å². The topological polar surface area (TPSA) is 156 Å². The van der Waals surface area contributed by atoms with Crippen molar-refractivity contribution in [2.75, 3.05) is 13.2 Å². The molecule has 0 aromatic heterocycles. The van der Waals surface area contributed by atoms with E-state index in [0.717, 1.165) is 0 Å². The van der Waals surface area contributed by atoms with E-state index < -0.39 is 63.5 Å². The van der Waals surface area contributed by atoms with E-state index in [1.165, 1.54) is 7.17 Å². The summed E-state index contributed by atoms with van der Waals surface area (Å²) in [5, 5.41) is 0. The lowest BCUT2D eigenvalue weighted by molar-refractivity contribution is -0.151. The van der Waals surface area contributed by atoms with Gasteiger partial charge in [-0.2, -0.15) is 0 Å². The Bertz CT molecular complexity index is 810. The Morgan fingerprint density at radius 1 is 1.11 bits per heavy atom. The van der Waals surface area contributed by atoms with Crippen molar-refractivity contribution >= 4 is 44.4 Å². The minimum Gasteiger partial charge on any atom is -0.380 e. The maximum absolute atomic E-state index is 12.6. The fourth-order valence-electron chi connectivity index (χ4n) is 3.24. The van der Waals surface area contributed by atoms with Gasteiger partial charge >= 0.3 is 21.6 Å². The van der Waals surface area contributed by atoms with Gasteiger partial charge in [0.15, 0.2) is 6.10 Å². The van der Waals surface area contributed by atoms with Crippen molar-refractivity contribution in [3.05, 3.63) is 0 Å². The maximum atomic E-state index is 12.6. The Morgan fingerprint density at radius 3 is 2.31 bits per heavy atom. The third-order valence-electron chi connectivity index (χ3n) is 4.80. The Morgan fingerprint density at radius 2 is 1.74 bits per heavy atom. The Balaban J connectivity index is 2.01. The van der Waals surface area contributed by atoms with Gasteiger partial charge in [0.1, 0.15) is 26.2 Å². The summed E-state index contributed by atoms with van der Waals surface area (Å²) in [5.74, 6) is -1.36. The van der Waals surface area contributed by atoms with E-state index in [-0.39, 0.29) is 32.2 Å². The van der Waals surface area contributed by atoms with Crippen LogP contribution in [-0.2, 0) is 46.2 Å². The molecule has 0 amide bonds. The van der Waals surface area contributed by atoms with Crippen molar-refractivity contribution in [2.45, 2.75) is 90.0 Å². The molecule has 2 rings (SSSR count). The molecular weight excluding hydrogens is 503 g/mol. The van der Waals surface area contributed by atoms with Crippen molar-refractivity contribution in [3.8, 4) is 0 Å². The summed E-state index contributed by atoms with van der Waals surface area (Å²) in [7, 11) is 2.87. The van der Waals surface area contributed by atoms with Gasteiger partial charge in [0.2, 0.25) is 0 Å². The highest BCUT2D eigenvalue weighted by atomic mass is 31.2. The van der Waals surface area contributed by atoms with Crippen molar-refractivity contribution in [2.24, 2.45) is 5.41 Å². The number of rotatable bonds is 12. The maximum Gasteiger partial charge on any atom is 0.530 e. The molecular formula is C18H32B3O12P2. The molecule has 4 unspecified atom stereocenters. The second-order valence-electron chi connectivity index (χ2n) is 9.82. The number of carbonyl (C=O) groups is 1. The first-order valence-electron chi connectivity index (χ1n) is 11.1. The predicted octanol–water partition coefficient (Wildman–Crippen LogP) is 1.17. The van der Waals surface area contributed by atoms with E-state index in [1.807, 2.05) is 0 Å². The molecule has 2 saturated heterocycles. The summed E-state index contributed by atoms with van der Waals surface area (Å²) < 4.78 is 61.1. The lowest BCUT2D eigenvalue weighted by Gasteiger charge is -2.25. The van der Waals surface area contributed by atoms with Gasteiger partial charge < -0.3 is 23.6 Å². The zero-order chi connectivity index (χ0) is 26.6. The molecule has 0 aliphatic carbocycles. The lowest BCUT2D eigenvalue weighted by Crippen LogP contribution is -2.34. The van der Waals surface area contributed by atoms with Crippen molar-refractivity contribution in [1.82, 2.24) is 0 Å². The van der Waals surface area contributed by atoms with E-state index in [9.17, 15) is 23.7 Å². The highest BCUT2D eigenvalue weighted by Crippen LogP contribution is 2.50. The van der Waals surface area contributed by atoms with Crippen LogP contribution in [0.1, 0.15) is 47.5 Å². The van der Waals surface area contributed by atoms with Gasteiger partial charge in [-0.15, -0.1) is 0 Å². The van der Waals surface area contributed by atoms with Crippen LogP contribution < -0.4 is 0 Å². The number of phosphoric ester groups is 2. The zero-order valence-electron chi connectivity index (χ0n) is 20.5. The van der Waals surface area contributed by atoms with E-state index in [1.54, 1.807) is 34.6 Å². The second-order valence-corrected chi connectivity index (χ2v) is 12.6. The van der Waals surface area contributed by atoms with Crippen LogP contribution in [0.5, 0.6) is 0 Å². The summed E-state index contributed by atoms with van der Waals surface area (Å²) >= 11 is 0. The SMILES string of the molecule is [B][B][C@H]1CC(OP(=O)(O)OC(=O)[C@H]2O[C@@H]([B])CC2OP(=O)(O)OCC(C)(C)C)[C@@H](COC(C)C)O1. The number of hydrogen-bond acceptors (Lipinski definition) is 10. The molecule has 0 aromatic rings. The van der Waals surface area contributed by atoms with Crippen molar-refractivity contribution < 1.29 is 56.0 Å². The largest absolute Gasteiger partial charge is 0.530 e. The number of carbonyl (C=O) groups excluding carboxylic acids is 1. The molecule has 0 saturated carbocycles. The van der Waals surface area contributed by atoms with Crippen LogP contribution in [0.25, 0.3) is 0 Å². The first-order chi connectivity index (χ1) is 16.0. The normalized spacial score (nSPS) is 32.8. The minimum atomic E-state index is -4.98. The monoisotopic (exact) mass is 535 g/mol.